The predicted molar refractivity (Wildman–Crippen MR) is 49.5 cm³/mol. The molecule has 2 aromatic rings. The van der Waals surface area contributed by atoms with Crippen molar-refractivity contribution in [2.45, 2.75) is 6.54 Å². The Bertz CT molecular complexity index is 526. The number of hydrogen-bond acceptors (Lipinski definition) is 2. The molecule has 0 unspecified atom stereocenters. The molecule has 5 heteroatoms. The summed E-state index contributed by atoms with van der Waals surface area (Å²) in [6, 6.07) is 3.31. The van der Waals surface area contributed by atoms with Crippen LogP contribution in [0, 0.1) is 17.5 Å². The highest BCUT2D eigenvalue weighted by Crippen LogP contribution is 2.22. The minimum absolute atomic E-state index is 0.0499. The summed E-state index contributed by atoms with van der Waals surface area (Å²) in [7, 11) is 0. The summed E-state index contributed by atoms with van der Waals surface area (Å²) >= 11 is 0. The van der Waals surface area contributed by atoms with E-state index in [1.165, 1.54) is 12.1 Å². The molecule has 2 N–H and O–H groups in total. The molecule has 2 nitrogen and oxygen atoms in total. The first-order valence-electron chi connectivity index (χ1n) is 4.26. The summed E-state index contributed by atoms with van der Waals surface area (Å²) in [5, 5.41) is -0.0499. The van der Waals surface area contributed by atoms with Crippen molar-refractivity contribution in [1.82, 2.24) is 4.98 Å². The van der Waals surface area contributed by atoms with Crippen LogP contribution in [-0.4, -0.2) is 4.98 Å². The Labute approximate surface area is 83.5 Å². The van der Waals surface area contributed by atoms with Crippen LogP contribution in [0.1, 0.15) is 5.69 Å². The molecule has 1 heterocycles. The molecule has 0 aliphatic rings. The summed E-state index contributed by atoms with van der Waals surface area (Å²) in [5.74, 6) is -3.23. The normalized spacial score (nSPS) is 10.9. The van der Waals surface area contributed by atoms with E-state index < -0.39 is 17.5 Å². The molecule has 0 fully saturated rings. The number of aromatic nitrogens is 1. The van der Waals surface area contributed by atoms with Crippen LogP contribution in [0.15, 0.2) is 18.2 Å². The van der Waals surface area contributed by atoms with Gasteiger partial charge in [0.2, 0.25) is 0 Å². The Kier molecular flexibility index (Phi) is 2.32. The van der Waals surface area contributed by atoms with Gasteiger partial charge in [0.1, 0.15) is 11.3 Å². The molecule has 0 atom stereocenters. The van der Waals surface area contributed by atoms with Crippen LogP contribution in [0.25, 0.3) is 10.9 Å². The zero-order valence-electron chi connectivity index (χ0n) is 7.60. The van der Waals surface area contributed by atoms with Crippen molar-refractivity contribution in [3.63, 3.8) is 0 Å². The van der Waals surface area contributed by atoms with E-state index in [1.807, 2.05) is 0 Å². The molecule has 1 aromatic carbocycles. The topological polar surface area (TPSA) is 38.9 Å². The van der Waals surface area contributed by atoms with E-state index in [4.69, 9.17) is 5.73 Å². The van der Waals surface area contributed by atoms with Crippen LogP contribution in [0.2, 0.25) is 0 Å². The highest BCUT2D eigenvalue weighted by molar-refractivity contribution is 5.80. The summed E-state index contributed by atoms with van der Waals surface area (Å²) in [4.78, 5) is 3.73. The van der Waals surface area contributed by atoms with Crippen molar-refractivity contribution < 1.29 is 13.2 Å². The number of hydrogen-bond donors (Lipinski definition) is 1. The molecule has 15 heavy (non-hydrogen) atoms. The van der Waals surface area contributed by atoms with Crippen LogP contribution in [0.5, 0.6) is 0 Å². The van der Waals surface area contributed by atoms with Gasteiger partial charge in [0.05, 0.1) is 5.69 Å². The molecule has 2 rings (SSSR count). The molecule has 0 aliphatic heterocycles. The quantitative estimate of drug-likeness (QED) is 0.735. The first kappa shape index (κ1) is 9.92. The average molecular weight is 212 g/mol. The molecule has 0 aliphatic carbocycles. The van der Waals surface area contributed by atoms with Gasteiger partial charge in [-0.3, -0.25) is 0 Å². The number of halogens is 3. The zero-order valence-corrected chi connectivity index (χ0v) is 7.60. The molecule has 0 spiro atoms. The third kappa shape index (κ3) is 1.55. The second kappa shape index (κ2) is 3.51. The molecular formula is C10H7F3N2. The van der Waals surface area contributed by atoms with Crippen molar-refractivity contribution >= 4 is 10.9 Å². The maximum Gasteiger partial charge on any atom is 0.185 e. The van der Waals surface area contributed by atoms with Crippen LogP contribution < -0.4 is 5.73 Å². The van der Waals surface area contributed by atoms with E-state index in [-0.39, 0.29) is 17.4 Å². The number of rotatable bonds is 1. The Morgan fingerprint density at radius 2 is 1.87 bits per heavy atom. The molecule has 0 amide bonds. The molecule has 0 saturated carbocycles. The van der Waals surface area contributed by atoms with Gasteiger partial charge in [-0.05, 0) is 12.1 Å². The summed E-state index contributed by atoms with van der Waals surface area (Å²) < 4.78 is 39.3. The van der Waals surface area contributed by atoms with Gasteiger partial charge in [-0.1, -0.05) is 0 Å². The van der Waals surface area contributed by atoms with Crippen molar-refractivity contribution in [1.29, 1.82) is 0 Å². The Hall–Kier alpha value is -1.62. The van der Waals surface area contributed by atoms with Crippen LogP contribution in [0.3, 0.4) is 0 Å². The molecule has 1 aromatic heterocycles. The largest absolute Gasteiger partial charge is 0.325 e. The SMILES string of the molecule is NCc1ccc2c(F)cc(F)c(F)c2n1. The van der Waals surface area contributed by atoms with E-state index in [1.54, 1.807) is 0 Å². The molecule has 0 radical (unpaired) electrons. The van der Waals surface area contributed by atoms with Gasteiger partial charge in [-0.2, -0.15) is 0 Å². The van der Waals surface area contributed by atoms with Gasteiger partial charge in [0.15, 0.2) is 11.6 Å². The van der Waals surface area contributed by atoms with Crippen molar-refractivity contribution in [2.75, 3.05) is 0 Å². The number of pyridine rings is 1. The lowest BCUT2D eigenvalue weighted by molar-refractivity contribution is 0.504. The Morgan fingerprint density at radius 3 is 2.53 bits per heavy atom. The maximum atomic E-state index is 13.2. The molecule has 0 saturated heterocycles. The van der Waals surface area contributed by atoms with Crippen molar-refractivity contribution in [3.05, 3.63) is 41.3 Å². The lowest BCUT2D eigenvalue weighted by atomic mass is 10.1. The third-order valence-corrected chi connectivity index (χ3v) is 2.09. The minimum Gasteiger partial charge on any atom is -0.325 e. The summed E-state index contributed by atoms with van der Waals surface area (Å²) in [6.45, 7) is 0.0908. The number of fused-ring (bicyclic) bond motifs is 1. The van der Waals surface area contributed by atoms with Crippen molar-refractivity contribution in [3.8, 4) is 0 Å². The molecule has 0 bridgehead atoms. The van der Waals surface area contributed by atoms with E-state index >= 15 is 0 Å². The van der Waals surface area contributed by atoms with Gasteiger partial charge in [0, 0.05) is 18.0 Å². The second-order valence-electron chi connectivity index (χ2n) is 3.06. The second-order valence-corrected chi connectivity index (χ2v) is 3.06. The highest BCUT2D eigenvalue weighted by atomic mass is 19.2. The summed E-state index contributed by atoms with van der Waals surface area (Å²) in [6.07, 6.45) is 0. The first-order chi connectivity index (χ1) is 7.13. The van der Waals surface area contributed by atoms with Gasteiger partial charge in [0.25, 0.3) is 0 Å². The average Bonchev–Trinajstić information content (AvgIpc) is 2.25. The molecular weight excluding hydrogens is 205 g/mol. The molecule has 78 valence electrons. The predicted octanol–water partition coefficient (Wildman–Crippen LogP) is 2.11. The van der Waals surface area contributed by atoms with Gasteiger partial charge in [-0.15, -0.1) is 0 Å². The third-order valence-electron chi connectivity index (χ3n) is 2.09. The smallest absolute Gasteiger partial charge is 0.185 e. The van der Waals surface area contributed by atoms with Gasteiger partial charge < -0.3 is 5.73 Å². The number of nitrogens with two attached hydrogens (primary N) is 1. The van der Waals surface area contributed by atoms with E-state index in [0.29, 0.717) is 11.8 Å². The van der Waals surface area contributed by atoms with E-state index in [9.17, 15) is 13.2 Å². The first-order valence-corrected chi connectivity index (χ1v) is 4.26. The van der Waals surface area contributed by atoms with E-state index in [2.05, 4.69) is 4.98 Å². The highest BCUT2D eigenvalue weighted by Gasteiger charge is 2.13. The monoisotopic (exact) mass is 212 g/mol. The van der Waals surface area contributed by atoms with Gasteiger partial charge >= 0.3 is 0 Å². The van der Waals surface area contributed by atoms with Crippen molar-refractivity contribution in [2.24, 2.45) is 5.73 Å². The standard InChI is InChI=1S/C10H7F3N2/c11-7-3-8(12)9(13)10-6(7)2-1-5(4-14)15-10/h1-3H,4,14H2. The van der Waals surface area contributed by atoms with Crippen LogP contribution in [0.4, 0.5) is 13.2 Å². The fourth-order valence-electron chi connectivity index (χ4n) is 1.34. The van der Waals surface area contributed by atoms with E-state index in [0.717, 1.165) is 0 Å². The lowest BCUT2D eigenvalue weighted by Crippen LogP contribution is -2.01. The van der Waals surface area contributed by atoms with Crippen LogP contribution in [-0.2, 0) is 6.54 Å². The van der Waals surface area contributed by atoms with Gasteiger partial charge in [-0.25, -0.2) is 18.2 Å². The number of nitrogens with zero attached hydrogens (tertiary/aromatic N) is 1. The lowest BCUT2D eigenvalue weighted by Gasteiger charge is -2.03. The Morgan fingerprint density at radius 1 is 1.13 bits per heavy atom. The summed E-state index contributed by atoms with van der Waals surface area (Å²) in [5.41, 5.74) is 5.35. The minimum atomic E-state index is -1.25. The van der Waals surface area contributed by atoms with Crippen LogP contribution >= 0.6 is 0 Å². The number of benzene rings is 1. The maximum absolute atomic E-state index is 13.2. The zero-order chi connectivity index (χ0) is 11.0. The fraction of sp³-hybridized carbons (Fsp3) is 0.100. The fourth-order valence-corrected chi connectivity index (χ4v) is 1.34. The Balaban J connectivity index is 2.85.